The number of likely N-dealkylation sites (N-methyl/N-ethyl adjacent to an activating group) is 1. The summed E-state index contributed by atoms with van der Waals surface area (Å²) in [4.78, 5) is 14.3. The van der Waals surface area contributed by atoms with Crippen LogP contribution in [0.1, 0.15) is 26.7 Å². The number of aromatic nitrogens is 4. The number of rotatable bonds is 4. The second-order valence-electron chi connectivity index (χ2n) is 11.3. The van der Waals surface area contributed by atoms with E-state index < -0.39 is 0 Å². The molecule has 2 aromatic heterocycles. The Balaban J connectivity index is 1.34. The van der Waals surface area contributed by atoms with Crippen LogP contribution in [0.25, 0.3) is 27.8 Å². The summed E-state index contributed by atoms with van der Waals surface area (Å²) in [5.41, 5.74) is 6.36. The number of hydrogen-bond donors (Lipinski definition) is 0. The van der Waals surface area contributed by atoms with Crippen molar-refractivity contribution in [1.29, 1.82) is 0 Å². The van der Waals surface area contributed by atoms with Gasteiger partial charge in [0.05, 0.1) is 22.9 Å². The van der Waals surface area contributed by atoms with E-state index >= 15 is 0 Å². The van der Waals surface area contributed by atoms with Gasteiger partial charge >= 0.3 is 0 Å². The predicted molar refractivity (Wildman–Crippen MR) is 159 cm³/mol. The molecule has 0 radical (unpaired) electrons. The highest BCUT2D eigenvalue weighted by Gasteiger charge is 2.29. The lowest BCUT2D eigenvalue weighted by Gasteiger charge is -2.42. The van der Waals surface area contributed by atoms with Crippen LogP contribution in [0, 0.1) is 0 Å². The molecular weight excluding hydrogens is 540 g/mol. The molecule has 0 aliphatic carbocycles. The Morgan fingerprint density at radius 3 is 2.26 bits per heavy atom. The lowest BCUT2D eigenvalue weighted by atomic mass is 10.0. The van der Waals surface area contributed by atoms with Crippen LogP contribution < -0.4 is 9.80 Å². The first-order chi connectivity index (χ1) is 18.3. The van der Waals surface area contributed by atoms with E-state index in [1.54, 1.807) is 0 Å². The van der Waals surface area contributed by atoms with E-state index in [1.165, 1.54) is 24.1 Å². The summed E-state index contributed by atoms with van der Waals surface area (Å²) in [6.07, 6.45) is 4.22. The lowest BCUT2D eigenvalue weighted by Crippen LogP contribution is -2.55. The number of piperidine rings is 1. The first-order valence-corrected chi connectivity index (χ1v) is 14.4. The van der Waals surface area contributed by atoms with Crippen molar-refractivity contribution in [2.75, 3.05) is 57.1 Å². The van der Waals surface area contributed by atoms with Crippen LogP contribution in [0.2, 0.25) is 0 Å². The first kappa shape index (κ1) is 25.5. The number of hydrogen-bond acceptors (Lipinski definition) is 7. The van der Waals surface area contributed by atoms with E-state index in [0.717, 1.165) is 58.8 Å². The van der Waals surface area contributed by atoms with Gasteiger partial charge < -0.3 is 14.7 Å². The number of halogens is 1. The zero-order valence-electron chi connectivity index (χ0n) is 23.0. The van der Waals surface area contributed by atoms with Gasteiger partial charge in [-0.2, -0.15) is 0 Å². The summed E-state index contributed by atoms with van der Waals surface area (Å²) in [6.45, 7) is 8.56. The molecule has 1 unspecified atom stereocenters. The summed E-state index contributed by atoms with van der Waals surface area (Å²) in [5, 5.41) is 9.11. The minimum absolute atomic E-state index is 0.444. The van der Waals surface area contributed by atoms with E-state index in [2.05, 4.69) is 127 Å². The Labute approximate surface area is 233 Å². The van der Waals surface area contributed by atoms with Crippen LogP contribution in [0.4, 0.5) is 11.6 Å². The van der Waals surface area contributed by atoms with Crippen molar-refractivity contribution in [3.8, 4) is 11.1 Å². The van der Waals surface area contributed by atoms with Crippen molar-refractivity contribution < 1.29 is 0 Å². The van der Waals surface area contributed by atoms with Gasteiger partial charge in [-0.15, -0.1) is 10.2 Å². The number of anilines is 2. The molecule has 2 fully saturated rings. The first-order valence-electron chi connectivity index (χ1n) is 13.6. The molecule has 0 spiro atoms. The molecule has 0 saturated carbocycles. The Hall–Kier alpha value is -2.75. The molecule has 38 heavy (non-hydrogen) atoms. The van der Waals surface area contributed by atoms with Gasteiger partial charge in [-0.3, -0.25) is 14.3 Å². The van der Waals surface area contributed by atoms with Crippen LogP contribution in [0.15, 0.2) is 47.1 Å². The highest BCUT2D eigenvalue weighted by molar-refractivity contribution is 9.10. The highest BCUT2D eigenvalue weighted by Crippen LogP contribution is 2.35. The van der Waals surface area contributed by atoms with Crippen LogP contribution in [-0.2, 0) is 0 Å². The van der Waals surface area contributed by atoms with E-state index in [-0.39, 0.29) is 0 Å². The fourth-order valence-corrected chi connectivity index (χ4v) is 6.69. The van der Waals surface area contributed by atoms with Crippen LogP contribution >= 0.6 is 15.9 Å². The molecule has 0 N–H and O–H groups in total. The molecular formula is C29H37BrN8. The van der Waals surface area contributed by atoms with E-state index in [4.69, 9.17) is 0 Å². The molecule has 2 aromatic carbocycles. The SMILES string of the molecule is CC1CN(c2nnc3cnc4ccc(-c5ccc(N6CCC(N(C)C)CC6)c(Br)c5)cc4n23)C[C@H](C)N1C. The zero-order valence-corrected chi connectivity index (χ0v) is 24.6. The van der Waals surface area contributed by atoms with Gasteiger partial charge in [0.2, 0.25) is 5.95 Å². The minimum atomic E-state index is 0.444. The standard InChI is InChI=1S/C29H37BrN8/c1-19-17-37(18-20(2)35(19)5)29-33-32-28-16-31-25-8-6-22(15-27(25)38(28)29)21-7-9-26(24(30)14-21)36-12-10-23(11-13-36)34(3)4/h6-9,14-16,19-20,23H,10-13,17-18H2,1-5H3/t19-,20?/m0/s1. The molecule has 0 amide bonds. The summed E-state index contributed by atoms with van der Waals surface area (Å²) < 4.78 is 3.31. The van der Waals surface area contributed by atoms with Gasteiger partial charge in [-0.25, -0.2) is 0 Å². The summed E-state index contributed by atoms with van der Waals surface area (Å²) in [7, 11) is 6.58. The quantitative estimate of drug-likeness (QED) is 0.347. The number of benzene rings is 2. The fourth-order valence-electron chi connectivity index (χ4n) is 6.06. The number of fused-ring (bicyclic) bond motifs is 3. The van der Waals surface area contributed by atoms with E-state index in [0.29, 0.717) is 18.1 Å². The average Bonchev–Trinajstić information content (AvgIpc) is 3.36. The Morgan fingerprint density at radius 1 is 0.895 bits per heavy atom. The third-order valence-corrected chi connectivity index (χ3v) is 9.30. The molecule has 9 heteroatoms. The van der Waals surface area contributed by atoms with Gasteiger partial charge in [0.15, 0.2) is 5.65 Å². The van der Waals surface area contributed by atoms with Crippen molar-refractivity contribution >= 4 is 44.2 Å². The third kappa shape index (κ3) is 4.54. The van der Waals surface area contributed by atoms with Crippen molar-refractivity contribution in [3.05, 3.63) is 47.1 Å². The minimum Gasteiger partial charge on any atom is -0.371 e. The van der Waals surface area contributed by atoms with Crippen LogP contribution in [0.3, 0.4) is 0 Å². The molecule has 8 nitrogen and oxygen atoms in total. The maximum Gasteiger partial charge on any atom is 0.232 e. The molecule has 4 aromatic rings. The van der Waals surface area contributed by atoms with Gasteiger partial charge in [-0.1, -0.05) is 12.1 Å². The second-order valence-corrected chi connectivity index (χ2v) is 12.1. The summed E-state index contributed by atoms with van der Waals surface area (Å²) in [6, 6.07) is 14.8. The van der Waals surface area contributed by atoms with Gasteiger partial charge in [0, 0.05) is 48.8 Å². The molecule has 2 aliphatic rings. The lowest BCUT2D eigenvalue weighted by molar-refractivity contribution is 0.169. The van der Waals surface area contributed by atoms with Gasteiger partial charge in [0.1, 0.15) is 0 Å². The Kier molecular flexibility index (Phi) is 6.78. The molecule has 200 valence electrons. The smallest absolute Gasteiger partial charge is 0.232 e. The molecule has 4 heterocycles. The van der Waals surface area contributed by atoms with Gasteiger partial charge in [-0.05, 0) is 99.2 Å². The largest absolute Gasteiger partial charge is 0.371 e. The summed E-state index contributed by atoms with van der Waals surface area (Å²) in [5.74, 6) is 0.897. The molecule has 2 saturated heterocycles. The van der Waals surface area contributed by atoms with Crippen molar-refractivity contribution in [1.82, 2.24) is 29.4 Å². The highest BCUT2D eigenvalue weighted by atomic mass is 79.9. The van der Waals surface area contributed by atoms with Crippen molar-refractivity contribution in [2.45, 2.75) is 44.8 Å². The zero-order chi connectivity index (χ0) is 26.6. The Morgan fingerprint density at radius 2 is 1.58 bits per heavy atom. The maximum absolute atomic E-state index is 4.69. The normalized spacial score (nSPS) is 21.8. The number of nitrogens with zero attached hydrogens (tertiary/aromatic N) is 8. The van der Waals surface area contributed by atoms with Crippen LogP contribution in [0.5, 0.6) is 0 Å². The van der Waals surface area contributed by atoms with E-state index in [1.807, 2.05) is 6.20 Å². The number of piperazine rings is 1. The molecule has 6 rings (SSSR count). The Bertz CT molecular complexity index is 1450. The molecule has 2 atom stereocenters. The monoisotopic (exact) mass is 576 g/mol. The van der Waals surface area contributed by atoms with E-state index in [9.17, 15) is 0 Å². The van der Waals surface area contributed by atoms with Crippen LogP contribution in [-0.4, -0.2) is 94.8 Å². The molecule has 2 aliphatic heterocycles. The predicted octanol–water partition coefficient (Wildman–Crippen LogP) is 4.77. The maximum atomic E-state index is 4.69. The van der Waals surface area contributed by atoms with Crippen molar-refractivity contribution in [3.63, 3.8) is 0 Å². The van der Waals surface area contributed by atoms with Crippen molar-refractivity contribution in [2.24, 2.45) is 0 Å². The van der Waals surface area contributed by atoms with Gasteiger partial charge in [0.25, 0.3) is 0 Å². The third-order valence-electron chi connectivity index (χ3n) is 8.67. The summed E-state index contributed by atoms with van der Waals surface area (Å²) >= 11 is 3.89. The average molecular weight is 578 g/mol. The fraction of sp³-hybridized carbons (Fsp3) is 0.483. The topological polar surface area (TPSA) is 56.0 Å². The molecule has 0 bridgehead atoms. The second kappa shape index (κ2) is 10.1.